The topological polar surface area (TPSA) is 75.9 Å². The fraction of sp³-hybridized carbons (Fsp3) is 0.722. The van der Waals surface area contributed by atoms with Crippen LogP contribution in [0.2, 0.25) is 0 Å². The highest BCUT2D eigenvalue weighted by Gasteiger charge is 2.56. The summed E-state index contributed by atoms with van der Waals surface area (Å²) in [5, 5.41) is 0. The van der Waals surface area contributed by atoms with E-state index >= 15 is 0 Å². The Morgan fingerprint density at radius 2 is 2.16 bits per heavy atom. The van der Waals surface area contributed by atoms with Gasteiger partial charge in [0.1, 0.15) is 12.4 Å². The SMILES string of the molecule is CCC(C)(C)OCC(=O)N1CC2CC1C2c1ocnc1C(=O)N(C)C. The number of rotatable bonds is 6. The van der Waals surface area contributed by atoms with Crippen molar-refractivity contribution >= 4 is 11.8 Å². The molecule has 3 atom stereocenters. The highest BCUT2D eigenvalue weighted by molar-refractivity contribution is 5.93. The second-order valence-corrected chi connectivity index (χ2v) is 7.80. The smallest absolute Gasteiger partial charge is 0.275 e. The number of nitrogens with zero attached hydrogens (tertiary/aromatic N) is 3. The van der Waals surface area contributed by atoms with E-state index in [9.17, 15) is 9.59 Å². The minimum Gasteiger partial charge on any atom is -0.447 e. The summed E-state index contributed by atoms with van der Waals surface area (Å²) >= 11 is 0. The summed E-state index contributed by atoms with van der Waals surface area (Å²) in [7, 11) is 3.39. The first kappa shape index (κ1) is 17.9. The van der Waals surface area contributed by atoms with Crippen molar-refractivity contribution in [3.63, 3.8) is 0 Å². The summed E-state index contributed by atoms with van der Waals surface area (Å²) in [6.07, 6.45) is 3.12. The largest absolute Gasteiger partial charge is 0.447 e. The number of carbonyl (C=O) groups is 2. The number of fused-ring (bicyclic) bond motifs is 1. The van der Waals surface area contributed by atoms with Gasteiger partial charge in [-0.3, -0.25) is 9.59 Å². The summed E-state index contributed by atoms with van der Waals surface area (Å²) in [6.45, 7) is 6.80. The zero-order chi connectivity index (χ0) is 18.4. The Balaban J connectivity index is 1.68. The molecule has 3 heterocycles. The molecule has 1 aromatic rings. The van der Waals surface area contributed by atoms with Crippen LogP contribution in [0.15, 0.2) is 10.8 Å². The Hall–Kier alpha value is -1.89. The van der Waals surface area contributed by atoms with Gasteiger partial charge in [0.25, 0.3) is 5.91 Å². The predicted molar refractivity (Wildman–Crippen MR) is 91.2 cm³/mol. The van der Waals surface area contributed by atoms with Crippen molar-refractivity contribution < 1.29 is 18.7 Å². The van der Waals surface area contributed by atoms with Crippen molar-refractivity contribution in [3.05, 3.63) is 17.8 Å². The molecule has 2 saturated heterocycles. The van der Waals surface area contributed by atoms with Crippen LogP contribution >= 0.6 is 0 Å². The van der Waals surface area contributed by atoms with Gasteiger partial charge in [-0.25, -0.2) is 4.98 Å². The molecular formula is C18H27N3O4. The monoisotopic (exact) mass is 349 g/mol. The van der Waals surface area contributed by atoms with E-state index in [0.717, 1.165) is 12.8 Å². The molecule has 2 amide bonds. The van der Waals surface area contributed by atoms with Crippen molar-refractivity contribution in [2.24, 2.45) is 5.92 Å². The van der Waals surface area contributed by atoms with E-state index < -0.39 is 0 Å². The molecular weight excluding hydrogens is 322 g/mol. The second kappa shape index (κ2) is 6.44. The quantitative estimate of drug-likeness (QED) is 0.784. The Morgan fingerprint density at radius 1 is 1.44 bits per heavy atom. The van der Waals surface area contributed by atoms with E-state index in [0.29, 0.717) is 23.9 Å². The van der Waals surface area contributed by atoms with Gasteiger partial charge in [0.2, 0.25) is 5.91 Å². The number of hydrogen-bond donors (Lipinski definition) is 0. The van der Waals surface area contributed by atoms with Crippen molar-refractivity contribution in [1.29, 1.82) is 0 Å². The van der Waals surface area contributed by atoms with Crippen molar-refractivity contribution in [1.82, 2.24) is 14.8 Å². The number of oxazole rings is 1. The molecule has 1 aliphatic carbocycles. The molecule has 7 nitrogen and oxygen atoms in total. The third kappa shape index (κ3) is 3.17. The Labute approximate surface area is 148 Å². The van der Waals surface area contributed by atoms with Gasteiger partial charge in [-0.15, -0.1) is 0 Å². The molecule has 0 spiro atoms. The maximum atomic E-state index is 12.6. The third-order valence-electron chi connectivity index (χ3n) is 5.56. The van der Waals surface area contributed by atoms with E-state index in [1.807, 2.05) is 25.7 Å². The lowest BCUT2D eigenvalue weighted by molar-refractivity contribution is -0.142. The highest BCUT2D eigenvalue weighted by atomic mass is 16.5. The molecule has 4 rings (SSSR count). The molecule has 3 unspecified atom stereocenters. The summed E-state index contributed by atoms with van der Waals surface area (Å²) < 4.78 is 11.3. The highest BCUT2D eigenvalue weighted by Crippen LogP contribution is 2.53. The molecule has 25 heavy (non-hydrogen) atoms. The van der Waals surface area contributed by atoms with Gasteiger partial charge in [0, 0.05) is 32.6 Å². The second-order valence-electron chi connectivity index (χ2n) is 7.80. The Morgan fingerprint density at radius 3 is 2.80 bits per heavy atom. The van der Waals surface area contributed by atoms with E-state index in [2.05, 4.69) is 4.98 Å². The maximum Gasteiger partial charge on any atom is 0.275 e. The zero-order valence-corrected chi connectivity index (χ0v) is 15.6. The molecule has 1 saturated carbocycles. The average molecular weight is 349 g/mol. The third-order valence-corrected chi connectivity index (χ3v) is 5.56. The molecule has 3 aliphatic rings. The maximum absolute atomic E-state index is 12.6. The van der Waals surface area contributed by atoms with Gasteiger partial charge in [-0.05, 0) is 32.6 Å². The zero-order valence-electron chi connectivity index (χ0n) is 15.6. The minimum atomic E-state index is -0.298. The molecule has 0 N–H and O–H groups in total. The van der Waals surface area contributed by atoms with E-state index in [1.54, 1.807) is 14.1 Å². The molecule has 1 aromatic heterocycles. The first-order valence-corrected chi connectivity index (χ1v) is 8.83. The summed E-state index contributed by atoms with van der Waals surface area (Å²) in [6, 6.07) is 0.0764. The molecule has 7 heteroatoms. The molecule has 0 aromatic carbocycles. The van der Waals surface area contributed by atoms with Crippen LogP contribution in [-0.4, -0.2) is 65.5 Å². The van der Waals surface area contributed by atoms with Crippen molar-refractivity contribution in [2.75, 3.05) is 27.2 Å². The molecule has 0 radical (unpaired) electrons. The normalized spacial score (nSPS) is 25.0. The van der Waals surface area contributed by atoms with Crippen molar-refractivity contribution in [2.45, 2.75) is 51.2 Å². The Bertz CT molecular complexity index is 667. The van der Waals surface area contributed by atoms with E-state index in [4.69, 9.17) is 9.15 Å². The van der Waals surface area contributed by atoms with E-state index in [-0.39, 0.29) is 36.0 Å². The van der Waals surface area contributed by atoms with Gasteiger partial charge in [0.15, 0.2) is 12.1 Å². The summed E-state index contributed by atoms with van der Waals surface area (Å²) in [5.41, 5.74) is 0.0657. The van der Waals surface area contributed by atoms with Crippen LogP contribution in [0.3, 0.4) is 0 Å². The van der Waals surface area contributed by atoms with Crippen LogP contribution < -0.4 is 0 Å². The number of aromatic nitrogens is 1. The average Bonchev–Trinajstić information content (AvgIpc) is 3.26. The Kier molecular flexibility index (Phi) is 4.62. The molecule has 138 valence electrons. The fourth-order valence-electron chi connectivity index (χ4n) is 3.60. The van der Waals surface area contributed by atoms with Crippen LogP contribution in [0.5, 0.6) is 0 Å². The number of ether oxygens (including phenoxy) is 1. The summed E-state index contributed by atoms with van der Waals surface area (Å²) in [5.74, 6) is 0.849. The standard InChI is InChI=1S/C18H27N3O4/c1-6-18(2,3)25-9-13(22)21-8-11-7-12(21)14(11)16-15(19-10-24-16)17(23)20(4)5/h10-12,14H,6-9H2,1-5H3. The van der Waals surface area contributed by atoms with Crippen LogP contribution in [0.1, 0.15) is 55.8 Å². The summed E-state index contributed by atoms with van der Waals surface area (Å²) in [4.78, 5) is 32.3. The van der Waals surface area contributed by atoms with Gasteiger partial charge < -0.3 is 19.0 Å². The molecule has 2 bridgehead atoms. The predicted octanol–water partition coefficient (Wildman–Crippen LogP) is 1.90. The van der Waals surface area contributed by atoms with Crippen LogP contribution in [-0.2, 0) is 9.53 Å². The van der Waals surface area contributed by atoms with Gasteiger partial charge >= 0.3 is 0 Å². The van der Waals surface area contributed by atoms with Crippen LogP contribution in [0.4, 0.5) is 0 Å². The van der Waals surface area contributed by atoms with Gasteiger partial charge in [-0.2, -0.15) is 0 Å². The number of carbonyl (C=O) groups excluding carboxylic acids is 2. The van der Waals surface area contributed by atoms with Crippen LogP contribution in [0, 0.1) is 5.92 Å². The van der Waals surface area contributed by atoms with E-state index in [1.165, 1.54) is 11.3 Å². The lowest BCUT2D eigenvalue weighted by Gasteiger charge is -2.35. The van der Waals surface area contributed by atoms with Gasteiger partial charge in [0.05, 0.1) is 5.60 Å². The molecule has 2 aliphatic heterocycles. The lowest BCUT2D eigenvalue weighted by Crippen LogP contribution is -2.42. The van der Waals surface area contributed by atoms with Gasteiger partial charge in [-0.1, -0.05) is 6.92 Å². The van der Waals surface area contributed by atoms with Crippen molar-refractivity contribution in [3.8, 4) is 0 Å². The number of hydrogen-bond acceptors (Lipinski definition) is 5. The minimum absolute atomic E-state index is 0.0107. The number of amides is 2. The lowest BCUT2D eigenvalue weighted by atomic mass is 9.72. The molecule has 3 fully saturated rings. The first-order chi connectivity index (χ1) is 11.7. The fourth-order valence-corrected chi connectivity index (χ4v) is 3.60. The van der Waals surface area contributed by atoms with Crippen LogP contribution in [0.25, 0.3) is 0 Å². The first-order valence-electron chi connectivity index (χ1n) is 8.83.